The fourth-order valence-electron chi connectivity index (χ4n) is 4.44. The molecule has 1 aromatic heterocycles. The molecule has 1 atom stereocenters. The molecule has 0 spiro atoms. The van der Waals surface area contributed by atoms with Gasteiger partial charge < -0.3 is 9.88 Å². The topological polar surface area (TPSA) is 74.0 Å². The molecule has 2 heterocycles. The lowest BCUT2D eigenvalue weighted by molar-refractivity contribution is -0.127. The van der Waals surface area contributed by atoms with Crippen molar-refractivity contribution in [2.45, 2.75) is 51.7 Å². The zero-order valence-corrected chi connectivity index (χ0v) is 19.2. The average Bonchev–Trinajstić information content (AvgIpc) is 3.29. The molecule has 0 saturated heterocycles. The third-order valence-corrected chi connectivity index (χ3v) is 6.36. The molecule has 2 aromatic carbocycles. The SMILES string of the molecule is CCCCN1Cc2ccccc2C[C@H]1C(=O)NCCc1cncn1Cc1ccc(C#N)cc1. The number of aromatic nitrogens is 2. The summed E-state index contributed by atoms with van der Waals surface area (Å²) in [7, 11) is 0. The third kappa shape index (κ3) is 5.68. The molecule has 6 heteroatoms. The van der Waals surface area contributed by atoms with E-state index in [1.165, 1.54) is 11.1 Å². The van der Waals surface area contributed by atoms with Crippen LogP contribution in [0.2, 0.25) is 0 Å². The number of hydrogen-bond acceptors (Lipinski definition) is 4. The van der Waals surface area contributed by atoms with Crippen LogP contribution < -0.4 is 5.32 Å². The molecule has 1 aliphatic heterocycles. The number of amides is 1. The molecule has 0 radical (unpaired) electrons. The summed E-state index contributed by atoms with van der Waals surface area (Å²) in [5, 5.41) is 12.1. The Labute approximate surface area is 195 Å². The van der Waals surface area contributed by atoms with Gasteiger partial charge in [-0.1, -0.05) is 49.7 Å². The van der Waals surface area contributed by atoms with Gasteiger partial charge >= 0.3 is 0 Å². The molecule has 3 aromatic rings. The van der Waals surface area contributed by atoms with E-state index in [2.05, 4.69) is 57.0 Å². The van der Waals surface area contributed by atoms with Crippen LogP contribution in [0.15, 0.2) is 61.1 Å². The Morgan fingerprint density at radius 3 is 2.73 bits per heavy atom. The van der Waals surface area contributed by atoms with E-state index in [9.17, 15) is 4.79 Å². The third-order valence-electron chi connectivity index (χ3n) is 6.36. The second kappa shape index (κ2) is 10.9. The van der Waals surface area contributed by atoms with Crippen LogP contribution in [-0.4, -0.2) is 39.5 Å². The molecule has 0 saturated carbocycles. The maximum Gasteiger partial charge on any atom is 0.237 e. The summed E-state index contributed by atoms with van der Waals surface area (Å²) < 4.78 is 2.10. The molecule has 4 rings (SSSR count). The van der Waals surface area contributed by atoms with E-state index in [1.807, 2.05) is 36.8 Å². The van der Waals surface area contributed by atoms with Gasteiger partial charge in [-0.2, -0.15) is 5.26 Å². The van der Waals surface area contributed by atoms with E-state index in [-0.39, 0.29) is 11.9 Å². The number of nitriles is 1. The number of nitrogens with zero attached hydrogens (tertiary/aromatic N) is 4. The van der Waals surface area contributed by atoms with Crippen LogP contribution in [0.5, 0.6) is 0 Å². The summed E-state index contributed by atoms with van der Waals surface area (Å²) in [6.07, 6.45) is 7.39. The summed E-state index contributed by atoms with van der Waals surface area (Å²) in [5.74, 6) is 0.110. The van der Waals surface area contributed by atoms with Crippen LogP contribution in [-0.2, 0) is 30.7 Å². The summed E-state index contributed by atoms with van der Waals surface area (Å²) in [4.78, 5) is 19.8. The van der Waals surface area contributed by atoms with Gasteiger partial charge in [0.05, 0.1) is 24.0 Å². The van der Waals surface area contributed by atoms with Crippen molar-refractivity contribution in [1.29, 1.82) is 5.26 Å². The Morgan fingerprint density at radius 2 is 1.97 bits per heavy atom. The number of rotatable bonds is 9. The normalized spacial score (nSPS) is 15.6. The summed E-state index contributed by atoms with van der Waals surface area (Å²) in [6.45, 7) is 5.25. The first kappa shape index (κ1) is 22.8. The smallest absolute Gasteiger partial charge is 0.237 e. The van der Waals surface area contributed by atoms with Gasteiger partial charge in [0.15, 0.2) is 0 Å². The van der Waals surface area contributed by atoms with Crippen molar-refractivity contribution >= 4 is 5.91 Å². The van der Waals surface area contributed by atoms with Crippen LogP contribution in [0.3, 0.4) is 0 Å². The Morgan fingerprint density at radius 1 is 1.18 bits per heavy atom. The van der Waals surface area contributed by atoms with Crippen molar-refractivity contribution in [3.8, 4) is 6.07 Å². The Kier molecular flexibility index (Phi) is 7.54. The molecule has 0 unspecified atom stereocenters. The van der Waals surface area contributed by atoms with Crippen LogP contribution in [0, 0.1) is 11.3 Å². The number of carbonyl (C=O) groups excluding carboxylic acids is 1. The molecular formula is C27H31N5O. The van der Waals surface area contributed by atoms with Gasteiger partial charge in [0.1, 0.15) is 0 Å². The van der Waals surface area contributed by atoms with E-state index in [0.717, 1.165) is 50.0 Å². The predicted molar refractivity (Wildman–Crippen MR) is 128 cm³/mol. The van der Waals surface area contributed by atoms with Crippen LogP contribution in [0.4, 0.5) is 0 Å². The summed E-state index contributed by atoms with van der Waals surface area (Å²) in [5.41, 5.74) is 5.47. The Balaban J connectivity index is 1.35. The lowest BCUT2D eigenvalue weighted by Crippen LogP contribution is -2.50. The van der Waals surface area contributed by atoms with Crippen molar-refractivity contribution in [2.24, 2.45) is 0 Å². The van der Waals surface area contributed by atoms with E-state index < -0.39 is 0 Å². The van der Waals surface area contributed by atoms with E-state index in [4.69, 9.17) is 5.26 Å². The van der Waals surface area contributed by atoms with E-state index in [0.29, 0.717) is 18.7 Å². The number of hydrogen-bond donors (Lipinski definition) is 1. The molecule has 1 N–H and O–H groups in total. The van der Waals surface area contributed by atoms with E-state index in [1.54, 1.807) is 0 Å². The minimum atomic E-state index is -0.116. The maximum atomic E-state index is 13.1. The maximum absolute atomic E-state index is 13.1. The second-order valence-corrected chi connectivity index (χ2v) is 8.68. The molecule has 170 valence electrons. The predicted octanol–water partition coefficient (Wildman–Crippen LogP) is 3.69. The van der Waals surface area contributed by atoms with Gasteiger partial charge in [0.2, 0.25) is 5.91 Å². The van der Waals surface area contributed by atoms with Crippen molar-refractivity contribution in [3.63, 3.8) is 0 Å². The first-order chi connectivity index (χ1) is 16.2. The lowest BCUT2D eigenvalue weighted by Gasteiger charge is -2.36. The van der Waals surface area contributed by atoms with Gasteiger partial charge in [-0.15, -0.1) is 0 Å². The molecule has 0 aliphatic carbocycles. The second-order valence-electron chi connectivity index (χ2n) is 8.68. The molecule has 33 heavy (non-hydrogen) atoms. The van der Waals surface area contributed by atoms with Gasteiger partial charge in [-0.3, -0.25) is 9.69 Å². The van der Waals surface area contributed by atoms with Crippen LogP contribution in [0.25, 0.3) is 0 Å². The minimum Gasteiger partial charge on any atom is -0.354 e. The fourth-order valence-corrected chi connectivity index (χ4v) is 4.44. The Bertz CT molecular complexity index is 1110. The van der Waals surface area contributed by atoms with E-state index >= 15 is 0 Å². The molecule has 0 fully saturated rings. The highest BCUT2D eigenvalue weighted by Gasteiger charge is 2.30. The number of fused-ring (bicyclic) bond motifs is 1. The molecule has 1 aliphatic rings. The quantitative estimate of drug-likeness (QED) is 0.550. The molecular weight excluding hydrogens is 410 g/mol. The Hall–Kier alpha value is -3.43. The zero-order chi connectivity index (χ0) is 23.0. The fraction of sp³-hybridized carbons (Fsp3) is 0.370. The van der Waals surface area contributed by atoms with Crippen molar-refractivity contribution < 1.29 is 4.79 Å². The molecule has 1 amide bonds. The minimum absolute atomic E-state index is 0.110. The average molecular weight is 442 g/mol. The number of imidazole rings is 1. The highest BCUT2D eigenvalue weighted by Crippen LogP contribution is 2.24. The lowest BCUT2D eigenvalue weighted by atomic mass is 9.93. The molecule has 6 nitrogen and oxygen atoms in total. The van der Waals surface area contributed by atoms with Gasteiger partial charge in [0.25, 0.3) is 0 Å². The van der Waals surface area contributed by atoms with Gasteiger partial charge in [-0.05, 0) is 48.2 Å². The summed E-state index contributed by atoms with van der Waals surface area (Å²) in [6, 6.07) is 18.1. The number of unbranched alkanes of at least 4 members (excludes halogenated alkanes) is 1. The molecule has 0 bridgehead atoms. The number of benzene rings is 2. The van der Waals surface area contributed by atoms with Crippen molar-refractivity contribution in [1.82, 2.24) is 19.8 Å². The largest absolute Gasteiger partial charge is 0.354 e. The van der Waals surface area contributed by atoms with Gasteiger partial charge in [-0.25, -0.2) is 4.98 Å². The standard InChI is InChI=1S/C27H31N5O/c1-2-3-14-31-19-24-7-5-4-6-23(24)15-26(31)27(33)30-13-12-25-17-29-20-32(25)18-22-10-8-21(16-28)9-11-22/h4-11,17,20,26H,2-3,12-15,18-19H2,1H3,(H,30,33)/t26-/m0/s1. The number of nitrogens with one attached hydrogen (secondary N) is 1. The van der Waals surface area contributed by atoms with Crippen LogP contribution in [0.1, 0.15) is 47.7 Å². The van der Waals surface area contributed by atoms with Crippen LogP contribution >= 0.6 is 0 Å². The first-order valence-corrected chi connectivity index (χ1v) is 11.7. The number of carbonyl (C=O) groups is 1. The highest BCUT2D eigenvalue weighted by molar-refractivity contribution is 5.82. The van der Waals surface area contributed by atoms with Crippen molar-refractivity contribution in [3.05, 3.63) is 89.0 Å². The van der Waals surface area contributed by atoms with Gasteiger partial charge in [0, 0.05) is 37.9 Å². The monoisotopic (exact) mass is 441 g/mol. The van der Waals surface area contributed by atoms with Crippen molar-refractivity contribution in [2.75, 3.05) is 13.1 Å². The summed E-state index contributed by atoms with van der Waals surface area (Å²) >= 11 is 0. The highest BCUT2D eigenvalue weighted by atomic mass is 16.2. The zero-order valence-electron chi connectivity index (χ0n) is 19.2. The first-order valence-electron chi connectivity index (χ1n) is 11.7.